The number of rotatable bonds is 6. The van der Waals surface area contributed by atoms with Crippen molar-refractivity contribution in [2.24, 2.45) is 11.7 Å². The average Bonchev–Trinajstić information content (AvgIpc) is 3.63. The Hall–Kier alpha value is -3.23. The highest BCUT2D eigenvalue weighted by atomic mass is 16.5. The number of carboxylic acids is 1. The third kappa shape index (κ3) is 3.86. The van der Waals surface area contributed by atoms with Crippen molar-refractivity contribution < 1.29 is 19.4 Å². The molecule has 3 aromatic rings. The smallest absolute Gasteiger partial charge is 0.337 e. The topological polar surface area (TPSA) is 123 Å². The molecule has 0 radical (unpaired) electrons. The molecular weight excluding hydrogens is 432 g/mol. The molecule has 4 N–H and O–H groups in total. The maximum Gasteiger partial charge on any atom is 0.337 e. The van der Waals surface area contributed by atoms with Gasteiger partial charge >= 0.3 is 5.97 Å². The predicted molar refractivity (Wildman–Crippen MR) is 126 cm³/mol. The lowest BCUT2D eigenvalue weighted by Crippen LogP contribution is -2.25. The van der Waals surface area contributed by atoms with E-state index in [1.165, 1.54) is 0 Å². The third-order valence-corrected chi connectivity index (χ3v) is 7.19. The molecule has 1 unspecified atom stereocenters. The SMILES string of the molecule is NC(c1[nH]c2c(c1C(=O)O)CCc1cnc(-c3cncc(OC4CCOCC4)c3)cc1-2)C1CC1. The van der Waals surface area contributed by atoms with Crippen molar-refractivity contribution >= 4 is 5.97 Å². The van der Waals surface area contributed by atoms with Gasteiger partial charge in [0, 0.05) is 48.1 Å². The lowest BCUT2D eigenvalue weighted by Gasteiger charge is -2.23. The van der Waals surface area contributed by atoms with E-state index in [1.807, 2.05) is 18.3 Å². The maximum atomic E-state index is 12.2. The van der Waals surface area contributed by atoms with E-state index in [9.17, 15) is 9.90 Å². The zero-order valence-electron chi connectivity index (χ0n) is 18.9. The number of aromatic carboxylic acids is 1. The van der Waals surface area contributed by atoms with Gasteiger partial charge in [0.25, 0.3) is 0 Å². The second-order valence-corrected chi connectivity index (χ2v) is 9.50. The van der Waals surface area contributed by atoms with E-state index < -0.39 is 5.97 Å². The minimum Gasteiger partial charge on any atom is -0.489 e. The van der Waals surface area contributed by atoms with E-state index >= 15 is 0 Å². The highest BCUT2D eigenvalue weighted by Crippen LogP contribution is 2.44. The number of fused-ring (bicyclic) bond motifs is 3. The average molecular weight is 461 g/mol. The second-order valence-electron chi connectivity index (χ2n) is 9.50. The van der Waals surface area contributed by atoms with Crippen LogP contribution in [0.4, 0.5) is 0 Å². The maximum absolute atomic E-state index is 12.2. The van der Waals surface area contributed by atoms with Crippen molar-refractivity contribution in [2.75, 3.05) is 13.2 Å². The Labute approximate surface area is 197 Å². The van der Waals surface area contributed by atoms with Crippen molar-refractivity contribution in [2.45, 2.75) is 50.7 Å². The summed E-state index contributed by atoms with van der Waals surface area (Å²) in [7, 11) is 0. The molecule has 4 heterocycles. The van der Waals surface area contributed by atoms with Crippen LogP contribution in [0, 0.1) is 5.92 Å². The van der Waals surface area contributed by atoms with Crippen LogP contribution in [-0.4, -0.2) is 45.3 Å². The highest BCUT2D eigenvalue weighted by molar-refractivity contribution is 5.95. The van der Waals surface area contributed by atoms with Crippen LogP contribution in [0.15, 0.2) is 30.7 Å². The van der Waals surface area contributed by atoms with Gasteiger partial charge in [-0.15, -0.1) is 0 Å². The number of hydrogen-bond donors (Lipinski definition) is 3. The van der Waals surface area contributed by atoms with Gasteiger partial charge in [0.15, 0.2) is 0 Å². The van der Waals surface area contributed by atoms with Gasteiger partial charge in [0.05, 0.1) is 36.4 Å². The van der Waals surface area contributed by atoms with Crippen LogP contribution in [0.1, 0.15) is 58.9 Å². The molecule has 3 aromatic heterocycles. The molecule has 0 amide bonds. The number of aromatic nitrogens is 3. The minimum absolute atomic E-state index is 0.132. The molecule has 6 rings (SSSR count). The number of aryl methyl sites for hydroxylation is 1. The van der Waals surface area contributed by atoms with Gasteiger partial charge < -0.3 is 25.3 Å². The number of nitrogens with zero attached hydrogens (tertiary/aromatic N) is 2. The Morgan fingerprint density at radius 3 is 2.74 bits per heavy atom. The van der Waals surface area contributed by atoms with Gasteiger partial charge in [-0.3, -0.25) is 9.97 Å². The summed E-state index contributed by atoms with van der Waals surface area (Å²) in [6.45, 7) is 1.43. The predicted octanol–water partition coefficient (Wildman–Crippen LogP) is 3.90. The summed E-state index contributed by atoms with van der Waals surface area (Å²) in [5.74, 6) is 0.161. The summed E-state index contributed by atoms with van der Waals surface area (Å²) in [5, 5.41) is 9.99. The molecule has 1 saturated carbocycles. The Morgan fingerprint density at radius 1 is 1.15 bits per heavy atom. The molecule has 1 saturated heterocycles. The number of carbonyl (C=O) groups is 1. The van der Waals surface area contributed by atoms with Crippen LogP contribution in [0.2, 0.25) is 0 Å². The van der Waals surface area contributed by atoms with Crippen molar-refractivity contribution in [3.8, 4) is 28.3 Å². The molecule has 0 spiro atoms. The second kappa shape index (κ2) is 8.52. The molecule has 34 heavy (non-hydrogen) atoms. The normalized spacial score (nSPS) is 18.7. The van der Waals surface area contributed by atoms with Crippen LogP contribution >= 0.6 is 0 Å². The largest absolute Gasteiger partial charge is 0.489 e. The number of ether oxygens (including phenoxy) is 2. The van der Waals surface area contributed by atoms with E-state index in [0.717, 1.165) is 71.5 Å². The fourth-order valence-electron chi connectivity index (χ4n) is 5.17. The molecule has 0 aromatic carbocycles. The number of H-pyrrole nitrogens is 1. The quantitative estimate of drug-likeness (QED) is 0.510. The first-order chi connectivity index (χ1) is 16.6. The fourth-order valence-corrected chi connectivity index (χ4v) is 5.17. The van der Waals surface area contributed by atoms with Gasteiger partial charge in [-0.25, -0.2) is 4.79 Å². The summed E-state index contributed by atoms with van der Waals surface area (Å²) in [4.78, 5) is 24.7. The molecule has 176 valence electrons. The number of carboxylic acid groups (broad SMARTS) is 1. The number of pyridine rings is 2. The Kier molecular flexibility index (Phi) is 5.34. The van der Waals surface area contributed by atoms with E-state index in [-0.39, 0.29) is 12.1 Å². The molecule has 2 aliphatic carbocycles. The summed E-state index contributed by atoms with van der Waals surface area (Å²) in [6, 6.07) is 3.72. The number of aromatic amines is 1. The van der Waals surface area contributed by atoms with Gasteiger partial charge in [-0.05, 0) is 54.9 Å². The standard InChI is InChI=1S/C26H28N4O4/c27-23(14-1-2-14)25-22(26(31)32)19-4-3-15-12-29-21(10-20(15)24(19)30-25)16-9-18(13-28-11-16)34-17-5-7-33-8-6-17/h9-14,17,23,30H,1-8,27H2,(H,31,32). The monoisotopic (exact) mass is 460 g/mol. The Bertz CT molecular complexity index is 1240. The van der Waals surface area contributed by atoms with Crippen LogP contribution < -0.4 is 10.5 Å². The summed E-state index contributed by atoms with van der Waals surface area (Å²) < 4.78 is 11.5. The van der Waals surface area contributed by atoms with Crippen molar-refractivity contribution in [3.63, 3.8) is 0 Å². The van der Waals surface area contributed by atoms with Gasteiger partial charge in [0.2, 0.25) is 0 Å². The molecule has 8 heteroatoms. The molecular formula is C26H28N4O4. The van der Waals surface area contributed by atoms with Crippen LogP contribution in [0.5, 0.6) is 5.75 Å². The molecule has 8 nitrogen and oxygen atoms in total. The van der Waals surface area contributed by atoms with E-state index in [1.54, 1.807) is 12.4 Å². The number of hydrogen-bond acceptors (Lipinski definition) is 6. The minimum atomic E-state index is -0.913. The molecule has 0 bridgehead atoms. The van der Waals surface area contributed by atoms with Crippen LogP contribution in [0.3, 0.4) is 0 Å². The van der Waals surface area contributed by atoms with E-state index in [4.69, 9.17) is 20.2 Å². The van der Waals surface area contributed by atoms with Gasteiger partial charge in [-0.1, -0.05) is 0 Å². The van der Waals surface area contributed by atoms with Crippen molar-refractivity contribution in [1.82, 2.24) is 15.0 Å². The highest BCUT2D eigenvalue weighted by Gasteiger charge is 2.36. The first-order valence-electron chi connectivity index (χ1n) is 12.0. The Balaban J connectivity index is 1.36. The number of nitrogens with two attached hydrogens (primary N) is 1. The van der Waals surface area contributed by atoms with Crippen LogP contribution in [0.25, 0.3) is 22.5 Å². The summed E-state index contributed by atoms with van der Waals surface area (Å²) in [6.07, 6.45) is 10.8. The molecule has 1 atom stereocenters. The van der Waals surface area contributed by atoms with Gasteiger partial charge in [0.1, 0.15) is 11.9 Å². The Morgan fingerprint density at radius 2 is 1.97 bits per heavy atom. The molecule has 1 aliphatic heterocycles. The van der Waals surface area contributed by atoms with Crippen LogP contribution in [-0.2, 0) is 17.6 Å². The number of nitrogens with one attached hydrogen (secondary N) is 1. The first-order valence-corrected chi connectivity index (χ1v) is 12.0. The first kappa shape index (κ1) is 21.3. The third-order valence-electron chi connectivity index (χ3n) is 7.19. The molecule has 2 fully saturated rings. The lowest BCUT2D eigenvalue weighted by molar-refractivity contribution is 0.0254. The van der Waals surface area contributed by atoms with E-state index in [0.29, 0.717) is 36.8 Å². The fraction of sp³-hybridized carbons (Fsp3) is 0.423. The molecule has 3 aliphatic rings. The lowest BCUT2D eigenvalue weighted by atomic mass is 9.88. The van der Waals surface area contributed by atoms with Crippen molar-refractivity contribution in [1.29, 1.82) is 0 Å². The summed E-state index contributed by atoms with van der Waals surface area (Å²) >= 11 is 0. The van der Waals surface area contributed by atoms with Gasteiger partial charge in [-0.2, -0.15) is 0 Å². The van der Waals surface area contributed by atoms with Crippen molar-refractivity contribution in [3.05, 3.63) is 53.1 Å². The zero-order valence-corrected chi connectivity index (χ0v) is 18.9. The zero-order chi connectivity index (χ0) is 23.2. The summed E-state index contributed by atoms with van der Waals surface area (Å²) in [5.41, 5.74) is 12.9. The van der Waals surface area contributed by atoms with E-state index in [2.05, 4.69) is 9.97 Å².